The highest BCUT2D eigenvalue weighted by atomic mass is 79.9. The predicted molar refractivity (Wildman–Crippen MR) is 123 cm³/mol. The van der Waals surface area contributed by atoms with E-state index in [1.54, 1.807) is 12.2 Å². The molecule has 0 aliphatic carbocycles. The smallest absolute Gasteiger partial charge is 0.291 e. The van der Waals surface area contributed by atoms with E-state index >= 15 is 0 Å². The molecule has 2 aromatic carbocycles. The zero-order valence-corrected chi connectivity index (χ0v) is 17.9. The molecule has 0 aliphatic heterocycles. The average molecular weight is 476 g/mol. The van der Waals surface area contributed by atoms with Crippen LogP contribution in [0.2, 0.25) is 0 Å². The maximum absolute atomic E-state index is 12.7. The molecule has 0 atom stereocenters. The van der Waals surface area contributed by atoms with E-state index in [0.29, 0.717) is 21.1 Å². The van der Waals surface area contributed by atoms with Crippen molar-refractivity contribution in [3.63, 3.8) is 0 Å². The SMILES string of the molecule is O=c1c(=Cc2ccc(-c3cccc(Br)c3)o2)sc2nc(C=Cc3ccccc3)nn12. The van der Waals surface area contributed by atoms with Crippen LogP contribution in [0.25, 0.3) is 34.5 Å². The summed E-state index contributed by atoms with van der Waals surface area (Å²) < 4.78 is 8.74. The van der Waals surface area contributed by atoms with Gasteiger partial charge < -0.3 is 4.42 Å². The molecule has 0 bridgehead atoms. The Kier molecular flexibility index (Phi) is 4.90. The van der Waals surface area contributed by atoms with Crippen molar-refractivity contribution >= 4 is 50.5 Å². The number of hydrogen-bond acceptors (Lipinski definition) is 5. The van der Waals surface area contributed by atoms with Crippen molar-refractivity contribution in [1.82, 2.24) is 14.6 Å². The second-order valence-electron chi connectivity index (χ2n) is 6.54. The van der Waals surface area contributed by atoms with Gasteiger partial charge in [0.25, 0.3) is 5.56 Å². The molecule has 5 rings (SSSR count). The molecule has 30 heavy (non-hydrogen) atoms. The summed E-state index contributed by atoms with van der Waals surface area (Å²) in [6.07, 6.45) is 5.45. The second-order valence-corrected chi connectivity index (χ2v) is 8.46. The molecule has 0 fully saturated rings. The minimum absolute atomic E-state index is 0.206. The van der Waals surface area contributed by atoms with Gasteiger partial charge in [-0.05, 0) is 35.9 Å². The Morgan fingerprint density at radius 1 is 1.00 bits per heavy atom. The number of halogens is 1. The van der Waals surface area contributed by atoms with Gasteiger partial charge in [0, 0.05) is 16.1 Å². The number of furan rings is 1. The largest absolute Gasteiger partial charge is 0.457 e. The maximum atomic E-state index is 12.7. The van der Waals surface area contributed by atoms with Crippen LogP contribution in [0, 0.1) is 0 Å². The number of hydrogen-bond donors (Lipinski definition) is 0. The lowest BCUT2D eigenvalue weighted by molar-refractivity contribution is 0.571. The van der Waals surface area contributed by atoms with Gasteiger partial charge in [-0.1, -0.05) is 75.8 Å². The van der Waals surface area contributed by atoms with E-state index in [2.05, 4.69) is 26.0 Å². The lowest BCUT2D eigenvalue weighted by Crippen LogP contribution is -2.23. The van der Waals surface area contributed by atoms with Crippen LogP contribution in [0.4, 0.5) is 0 Å². The molecule has 5 aromatic rings. The lowest BCUT2D eigenvalue weighted by Gasteiger charge is -1.96. The van der Waals surface area contributed by atoms with Gasteiger partial charge in [0.05, 0.1) is 0 Å². The zero-order valence-electron chi connectivity index (χ0n) is 15.5. The Bertz CT molecular complexity index is 1480. The molecule has 0 spiro atoms. The molecule has 0 unspecified atom stereocenters. The maximum Gasteiger partial charge on any atom is 0.291 e. The van der Waals surface area contributed by atoms with E-state index in [0.717, 1.165) is 21.4 Å². The van der Waals surface area contributed by atoms with Crippen molar-refractivity contribution in [2.75, 3.05) is 0 Å². The van der Waals surface area contributed by atoms with Gasteiger partial charge >= 0.3 is 0 Å². The Balaban J connectivity index is 1.45. The standard InChI is InChI=1S/C23H14BrN3O2S/c24-17-8-4-7-16(13-17)19-11-10-18(29-19)14-20-22(28)27-23(30-20)25-21(26-27)12-9-15-5-2-1-3-6-15/h1-14H. The quantitative estimate of drug-likeness (QED) is 0.371. The highest BCUT2D eigenvalue weighted by Crippen LogP contribution is 2.25. The third-order valence-electron chi connectivity index (χ3n) is 4.43. The van der Waals surface area contributed by atoms with Crippen molar-refractivity contribution in [2.45, 2.75) is 0 Å². The van der Waals surface area contributed by atoms with E-state index in [4.69, 9.17) is 4.42 Å². The minimum atomic E-state index is -0.206. The van der Waals surface area contributed by atoms with Crippen molar-refractivity contribution in [1.29, 1.82) is 0 Å². The molecule has 0 saturated carbocycles. The molecule has 0 amide bonds. The minimum Gasteiger partial charge on any atom is -0.457 e. The summed E-state index contributed by atoms with van der Waals surface area (Å²) >= 11 is 4.75. The number of thiazole rings is 1. The molecule has 3 heterocycles. The summed E-state index contributed by atoms with van der Waals surface area (Å²) in [4.78, 5) is 17.7. The first-order valence-corrected chi connectivity index (χ1v) is 10.8. The van der Waals surface area contributed by atoms with Crippen molar-refractivity contribution < 1.29 is 4.42 Å². The Morgan fingerprint density at radius 3 is 2.67 bits per heavy atom. The van der Waals surface area contributed by atoms with Crippen LogP contribution in [0.15, 0.2) is 80.4 Å². The first kappa shape index (κ1) is 18.7. The van der Waals surface area contributed by atoms with Crippen LogP contribution in [-0.2, 0) is 0 Å². The van der Waals surface area contributed by atoms with Crippen molar-refractivity contribution in [3.05, 3.63) is 103 Å². The normalized spacial score (nSPS) is 12.4. The van der Waals surface area contributed by atoms with Gasteiger partial charge in [-0.2, -0.15) is 9.50 Å². The van der Waals surface area contributed by atoms with E-state index in [-0.39, 0.29) is 5.56 Å². The van der Waals surface area contributed by atoms with Gasteiger partial charge in [-0.25, -0.2) is 0 Å². The van der Waals surface area contributed by atoms with Crippen LogP contribution in [0.5, 0.6) is 0 Å². The molecule has 0 N–H and O–H groups in total. The van der Waals surface area contributed by atoms with E-state index in [1.165, 1.54) is 15.9 Å². The second kappa shape index (κ2) is 7.85. The van der Waals surface area contributed by atoms with Gasteiger partial charge in [-0.15, -0.1) is 5.10 Å². The lowest BCUT2D eigenvalue weighted by atomic mass is 10.2. The summed E-state index contributed by atoms with van der Waals surface area (Å²) in [6.45, 7) is 0. The predicted octanol–water partition coefficient (Wildman–Crippen LogP) is 4.89. The van der Waals surface area contributed by atoms with Gasteiger partial charge in [0.15, 0.2) is 5.82 Å². The molecule has 0 saturated heterocycles. The summed E-state index contributed by atoms with van der Waals surface area (Å²) in [5.74, 6) is 1.85. The number of rotatable bonds is 4. The van der Waals surface area contributed by atoms with Crippen LogP contribution in [-0.4, -0.2) is 14.6 Å². The van der Waals surface area contributed by atoms with Gasteiger partial charge in [-0.3, -0.25) is 4.79 Å². The molecule has 0 aliphatic rings. The monoisotopic (exact) mass is 475 g/mol. The highest BCUT2D eigenvalue weighted by Gasteiger charge is 2.10. The third-order valence-corrected chi connectivity index (χ3v) is 5.88. The van der Waals surface area contributed by atoms with E-state index in [1.807, 2.05) is 72.8 Å². The van der Waals surface area contributed by atoms with Crippen molar-refractivity contribution in [3.8, 4) is 11.3 Å². The molecule has 3 aromatic heterocycles. The first-order valence-electron chi connectivity index (χ1n) is 9.16. The van der Waals surface area contributed by atoms with Crippen molar-refractivity contribution in [2.24, 2.45) is 0 Å². The fourth-order valence-corrected chi connectivity index (χ4v) is 4.31. The molecule has 5 nitrogen and oxygen atoms in total. The fourth-order valence-electron chi connectivity index (χ4n) is 3.01. The van der Waals surface area contributed by atoms with Crippen LogP contribution in [0.1, 0.15) is 17.1 Å². The summed E-state index contributed by atoms with van der Waals surface area (Å²) in [6, 6.07) is 21.5. The zero-order chi connectivity index (χ0) is 20.5. The van der Waals surface area contributed by atoms with Crippen LogP contribution < -0.4 is 10.1 Å². The number of aromatic nitrogens is 3. The molecular weight excluding hydrogens is 462 g/mol. The molecular formula is C23H14BrN3O2S. The number of nitrogens with zero attached hydrogens (tertiary/aromatic N) is 3. The molecule has 146 valence electrons. The Labute approximate surface area is 183 Å². The topological polar surface area (TPSA) is 60.4 Å². The summed E-state index contributed by atoms with van der Waals surface area (Å²) in [5, 5.41) is 4.31. The molecule has 0 radical (unpaired) electrons. The van der Waals surface area contributed by atoms with E-state index < -0.39 is 0 Å². The average Bonchev–Trinajstić information content (AvgIpc) is 3.45. The third kappa shape index (κ3) is 3.77. The Morgan fingerprint density at radius 2 is 1.87 bits per heavy atom. The van der Waals surface area contributed by atoms with Gasteiger partial charge in [0.1, 0.15) is 16.1 Å². The number of benzene rings is 2. The number of fused-ring (bicyclic) bond motifs is 1. The first-order chi connectivity index (χ1) is 14.7. The van der Waals surface area contributed by atoms with E-state index in [9.17, 15) is 4.79 Å². The summed E-state index contributed by atoms with van der Waals surface area (Å²) in [5.41, 5.74) is 1.80. The van der Waals surface area contributed by atoms with Crippen LogP contribution >= 0.6 is 27.3 Å². The van der Waals surface area contributed by atoms with Crippen LogP contribution in [0.3, 0.4) is 0 Å². The van der Waals surface area contributed by atoms with Gasteiger partial charge in [0.2, 0.25) is 4.96 Å². The fraction of sp³-hybridized carbons (Fsp3) is 0. The molecule has 7 heteroatoms. The summed E-state index contributed by atoms with van der Waals surface area (Å²) in [7, 11) is 0. The Hall–Kier alpha value is -3.29. The highest BCUT2D eigenvalue weighted by molar-refractivity contribution is 9.10.